The summed E-state index contributed by atoms with van der Waals surface area (Å²) < 4.78 is 16.2. The SMILES string of the molecule is Cn1nc(Br)c2c(=O)n(CC(=O)Nc3scnc3-c3ccc(F)cc3)cnc21. The smallest absolute Gasteiger partial charge is 0.266 e. The standard InChI is InChI=1S/C17H12BrFN6O2S/c1-24-15-12(14(18)23-24)17(27)25(7-20-15)6-11(26)22-16-13(21-8-28-16)9-2-4-10(19)5-3-9/h2-5,7-8H,6H2,1H3,(H,22,26). The van der Waals surface area contributed by atoms with Crippen LogP contribution in [-0.4, -0.2) is 30.2 Å². The van der Waals surface area contributed by atoms with Crippen LogP contribution in [0.2, 0.25) is 0 Å². The highest BCUT2D eigenvalue weighted by atomic mass is 79.9. The van der Waals surface area contributed by atoms with E-state index in [9.17, 15) is 14.0 Å². The third-order valence-electron chi connectivity index (χ3n) is 4.02. The predicted octanol–water partition coefficient (Wildman–Crippen LogP) is 2.79. The van der Waals surface area contributed by atoms with Gasteiger partial charge < -0.3 is 5.32 Å². The lowest BCUT2D eigenvalue weighted by Gasteiger charge is -2.07. The molecular formula is C17H12BrFN6O2S. The van der Waals surface area contributed by atoms with E-state index in [0.29, 0.717) is 31.9 Å². The van der Waals surface area contributed by atoms with Crippen molar-refractivity contribution in [1.29, 1.82) is 0 Å². The Hall–Kier alpha value is -2.92. The normalized spacial score (nSPS) is 11.1. The second-order valence-electron chi connectivity index (χ2n) is 5.88. The molecule has 4 aromatic rings. The van der Waals surface area contributed by atoms with Gasteiger partial charge in [-0.3, -0.25) is 14.2 Å². The fourth-order valence-electron chi connectivity index (χ4n) is 2.72. The number of aromatic nitrogens is 5. The molecule has 3 heterocycles. The Morgan fingerprint density at radius 3 is 2.79 bits per heavy atom. The zero-order chi connectivity index (χ0) is 19.8. The Balaban J connectivity index is 1.58. The number of hydrogen-bond acceptors (Lipinski definition) is 6. The van der Waals surface area contributed by atoms with Crippen molar-refractivity contribution in [3.8, 4) is 11.3 Å². The van der Waals surface area contributed by atoms with Crippen LogP contribution in [0.15, 0.2) is 45.5 Å². The molecule has 4 rings (SSSR count). The molecule has 0 bridgehead atoms. The van der Waals surface area contributed by atoms with Gasteiger partial charge in [-0.1, -0.05) is 0 Å². The Labute approximate surface area is 169 Å². The van der Waals surface area contributed by atoms with Gasteiger partial charge in [0.15, 0.2) is 5.65 Å². The van der Waals surface area contributed by atoms with Crippen molar-refractivity contribution in [2.24, 2.45) is 7.05 Å². The number of aryl methyl sites for hydroxylation is 1. The maximum Gasteiger partial charge on any atom is 0.266 e. The first-order valence-electron chi connectivity index (χ1n) is 8.01. The van der Waals surface area contributed by atoms with E-state index in [-0.39, 0.29) is 17.9 Å². The lowest BCUT2D eigenvalue weighted by atomic mass is 10.1. The molecule has 0 saturated heterocycles. The average molecular weight is 463 g/mol. The summed E-state index contributed by atoms with van der Waals surface area (Å²) in [6, 6.07) is 5.82. The molecule has 3 aromatic heterocycles. The van der Waals surface area contributed by atoms with Gasteiger partial charge in [0, 0.05) is 12.6 Å². The molecule has 8 nitrogen and oxygen atoms in total. The fraction of sp³-hybridized carbons (Fsp3) is 0.118. The van der Waals surface area contributed by atoms with Crippen LogP contribution in [0.4, 0.5) is 9.39 Å². The zero-order valence-electron chi connectivity index (χ0n) is 14.4. The van der Waals surface area contributed by atoms with Gasteiger partial charge in [-0.2, -0.15) is 5.10 Å². The molecule has 0 radical (unpaired) electrons. The monoisotopic (exact) mass is 462 g/mol. The number of halogens is 2. The van der Waals surface area contributed by atoms with E-state index >= 15 is 0 Å². The molecule has 0 unspecified atom stereocenters. The Morgan fingerprint density at radius 1 is 1.29 bits per heavy atom. The second kappa shape index (κ2) is 7.24. The number of amides is 1. The molecule has 0 aliphatic carbocycles. The third kappa shape index (κ3) is 3.34. The molecule has 1 N–H and O–H groups in total. The summed E-state index contributed by atoms with van der Waals surface area (Å²) in [6.45, 7) is -0.218. The topological polar surface area (TPSA) is 94.7 Å². The zero-order valence-corrected chi connectivity index (χ0v) is 16.8. The summed E-state index contributed by atoms with van der Waals surface area (Å²) in [5.41, 5.74) is 2.85. The summed E-state index contributed by atoms with van der Waals surface area (Å²) in [5, 5.41) is 7.68. The minimum absolute atomic E-state index is 0.218. The minimum Gasteiger partial charge on any atom is -0.314 e. The molecule has 28 heavy (non-hydrogen) atoms. The number of carbonyl (C=O) groups excluding carboxylic acids is 1. The molecule has 0 atom stereocenters. The van der Waals surface area contributed by atoms with Gasteiger partial charge in [-0.05, 0) is 40.2 Å². The van der Waals surface area contributed by atoms with Gasteiger partial charge >= 0.3 is 0 Å². The van der Waals surface area contributed by atoms with Gasteiger partial charge in [-0.25, -0.2) is 19.0 Å². The molecule has 0 saturated carbocycles. The van der Waals surface area contributed by atoms with Gasteiger partial charge in [0.25, 0.3) is 5.56 Å². The van der Waals surface area contributed by atoms with E-state index in [1.54, 1.807) is 24.7 Å². The van der Waals surface area contributed by atoms with Gasteiger partial charge in [0.05, 0.1) is 5.51 Å². The highest BCUT2D eigenvalue weighted by Gasteiger charge is 2.16. The van der Waals surface area contributed by atoms with E-state index in [4.69, 9.17) is 0 Å². The van der Waals surface area contributed by atoms with Gasteiger partial charge in [0.2, 0.25) is 5.91 Å². The predicted molar refractivity (Wildman–Crippen MR) is 107 cm³/mol. The van der Waals surface area contributed by atoms with E-state index < -0.39 is 5.91 Å². The Bertz CT molecular complexity index is 1250. The van der Waals surface area contributed by atoms with Crippen LogP contribution in [0, 0.1) is 5.82 Å². The first kappa shape index (κ1) is 18.4. The van der Waals surface area contributed by atoms with Crippen molar-refractivity contribution in [2.45, 2.75) is 6.54 Å². The van der Waals surface area contributed by atoms with Crippen LogP contribution in [0.1, 0.15) is 0 Å². The van der Waals surface area contributed by atoms with Crippen LogP contribution >= 0.6 is 27.3 Å². The summed E-state index contributed by atoms with van der Waals surface area (Å²) >= 11 is 4.48. The molecule has 142 valence electrons. The Kier molecular flexibility index (Phi) is 4.77. The molecule has 11 heteroatoms. The number of nitrogens with zero attached hydrogens (tertiary/aromatic N) is 5. The lowest BCUT2D eigenvalue weighted by Crippen LogP contribution is -2.27. The highest BCUT2D eigenvalue weighted by Crippen LogP contribution is 2.30. The van der Waals surface area contributed by atoms with Crippen molar-refractivity contribution >= 4 is 49.2 Å². The number of rotatable bonds is 4. The quantitative estimate of drug-likeness (QED) is 0.503. The van der Waals surface area contributed by atoms with E-state index in [2.05, 4.69) is 36.3 Å². The number of thiazole rings is 1. The van der Waals surface area contributed by atoms with Gasteiger partial charge in [0.1, 0.15) is 39.4 Å². The maximum atomic E-state index is 13.1. The largest absolute Gasteiger partial charge is 0.314 e. The maximum absolute atomic E-state index is 13.1. The van der Waals surface area contributed by atoms with Crippen LogP contribution in [0.3, 0.4) is 0 Å². The third-order valence-corrected chi connectivity index (χ3v) is 5.32. The summed E-state index contributed by atoms with van der Waals surface area (Å²) in [5.74, 6) is -0.760. The van der Waals surface area contributed by atoms with E-state index in [0.717, 1.165) is 0 Å². The first-order valence-corrected chi connectivity index (χ1v) is 9.68. The molecule has 0 spiro atoms. The number of nitrogens with one attached hydrogen (secondary N) is 1. The second-order valence-corrected chi connectivity index (χ2v) is 7.48. The number of fused-ring (bicyclic) bond motifs is 1. The molecular weight excluding hydrogens is 451 g/mol. The number of carbonyl (C=O) groups is 1. The highest BCUT2D eigenvalue weighted by molar-refractivity contribution is 9.10. The summed E-state index contributed by atoms with van der Waals surface area (Å²) in [7, 11) is 1.68. The van der Waals surface area contributed by atoms with E-state index in [1.807, 2.05) is 0 Å². The van der Waals surface area contributed by atoms with Crippen molar-refractivity contribution in [3.05, 3.63) is 56.9 Å². The van der Waals surface area contributed by atoms with Crippen LogP contribution < -0.4 is 10.9 Å². The first-order chi connectivity index (χ1) is 13.4. The average Bonchev–Trinajstić information content (AvgIpc) is 3.22. The van der Waals surface area contributed by atoms with Crippen LogP contribution in [-0.2, 0) is 18.4 Å². The Morgan fingerprint density at radius 2 is 2.04 bits per heavy atom. The van der Waals surface area contributed by atoms with Crippen LogP contribution in [0.5, 0.6) is 0 Å². The summed E-state index contributed by atoms with van der Waals surface area (Å²) in [4.78, 5) is 33.5. The number of benzene rings is 1. The fourth-order valence-corrected chi connectivity index (χ4v) is 4.02. The van der Waals surface area contributed by atoms with Crippen molar-refractivity contribution in [3.63, 3.8) is 0 Å². The van der Waals surface area contributed by atoms with Crippen molar-refractivity contribution in [2.75, 3.05) is 5.32 Å². The molecule has 0 aliphatic rings. The minimum atomic E-state index is -0.407. The molecule has 1 amide bonds. The molecule has 1 aromatic carbocycles. The van der Waals surface area contributed by atoms with Crippen molar-refractivity contribution < 1.29 is 9.18 Å². The lowest BCUT2D eigenvalue weighted by molar-refractivity contribution is -0.116. The van der Waals surface area contributed by atoms with Crippen molar-refractivity contribution in [1.82, 2.24) is 24.3 Å². The number of hydrogen-bond donors (Lipinski definition) is 1. The molecule has 0 aliphatic heterocycles. The summed E-state index contributed by atoms with van der Waals surface area (Å²) in [6.07, 6.45) is 1.31. The van der Waals surface area contributed by atoms with Crippen LogP contribution in [0.25, 0.3) is 22.3 Å². The van der Waals surface area contributed by atoms with E-state index in [1.165, 1.54) is 39.0 Å². The van der Waals surface area contributed by atoms with Gasteiger partial charge in [-0.15, -0.1) is 11.3 Å². The number of anilines is 1. The molecule has 0 fully saturated rings.